The number of carboxylic acids is 1. The molecule has 5 fully saturated rings. The average Bonchev–Trinajstić information content (AvgIpc) is 3.78. The molecule has 3 N–H and O–H groups in total. The summed E-state index contributed by atoms with van der Waals surface area (Å²) >= 11 is 1.51. The van der Waals surface area contributed by atoms with Crippen molar-refractivity contribution in [1.29, 1.82) is 0 Å². The molecule has 7 heterocycles. The van der Waals surface area contributed by atoms with Crippen molar-refractivity contribution in [2.24, 2.45) is 23.2 Å². The zero-order chi connectivity index (χ0) is 30.0. The zero-order valence-electron chi connectivity index (χ0n) is 24.6. The van der Waals surface area contributed by atoms with E-state index in [1.807, 2.05) is 13.8 Å². The predicted octanol–water partition coefficient (Wildman–Crippen LogP) is 0.638. The average molecular weight is 613 g/mol. The fraction of sp³-hybridized carbons (Fsp3) is 0.759. The van der Waals surface area contributed by atoms with Crippen LogP contribution in [0, 0.1) is 23.2 Å². The Bertz CT molecular complexity index is 1330. The van der Waals surface area contributed by atoms with Gasteiger partial charge in [-0.1, -0.05) is 13.8 Å². The lowest BCUT2D eigenvalue weighted by Crippen LogP contribution is -2.62. The molecular weight excluding hydrogens is 572 g/mol. The zero-order valence-corrected chi connectivity index (χ0v) is 25.5. The van der Waals surface area contributed by atoms with Gasteiger partial charge < -0.3 is 25.5 Å². The fourth-order valence-corrected chi connectivity index (χ4v) is 10.5. The Labute approximate surface area is 254 Å². The summed E-state index contributed by atoms with van der Waals surface area (Å²) in [6.07, 6.45) is 7.76. The number of carbonyl (C=O) groups excluding carboxylic acids is 3. The van der Waals surface area contributed by atoms with Crippen LogP contribution in [0.5, 0.6) is 0 Å². The molecule has 232 valence electrons. The molecule has 43 heavy (non-hydrogen) atoms. The molecule has 2 amide bonds. The van der Waals surface area contributed by atoms with Crippen molar-refractivity contribution >= 4 is 35.3 Å². The van der Waals surface area contributed by atoms with Gasteiger partial charge in [-0.2, -0.15) is 0 Å². The predicted molar refractivity (Wildman–Crippen MR) is 155 cm³/mol. The maximum Gasteiger partial charge on any atom is 0.353 e. The van der Waals surface area contributed by atoms with E-state index in [1.54, 1.807) is 0 Å². The lowest BCUT2D eigenvalue weighted by atomic mass is 9.73. The van der Waals surface area contributed by atoms with Gasteiger partial charge in [0, 0.05) is 47.7 Å². The van der Waals surface area contributed by atoms with Crippen molar-refractivity contribution in [2.45, 2.75) is 94.8 Å². The first-order valence-electron chi connectivity index (χ1n) is 15.6. The quantitative estimate of drug-likeness (QED) is 0.336. The van der Waals surface area contributed by atoms with E-state index in [9.17, 15) is 24.3 Å². The van der Waals surface area contributed by atoms with Crippen LogP contribution in [-0.4, -0.2) is 108 Å². The number of aliphatic carboxylic acids is 1. The van der Waals surface area contributed by atoms with Crippen LogP contribution >= 0.6 is 11.8 Å². The summed E-state index contributed by atoms with van der Waals surface area (Å²) in [5.74, 6) is -2.06. The number of amides is 2. The Balaban J connectivity index is 0.991. The Morgan fingerprint density at radius 2 is 2.00 bits per heavy atom. The Kier molecular flexibility index (Phi) is 7.36. The summed E-state index contributed by atoms with van der Waals surface area (Å²) in [6.45, 7) is 6.66. The summed E-state index contributed by atoms with van der Waals surface area (Å²) in [4.78, 5) is 56.5. The van der Waals surface area contributed by atoms with E-state index in [-0.39, 0.29) is 65.4 Å². The van der Waals surface area contributed by atoms with E-state index in [2.05, 4.69) is 31.1 Å². The second-order valence-electron chi connectivity index (χ2n) is 13.7. The number of rotatable bonds is 9. The van der Waals surface area contributed by atoms with E-state index in [0.717, 1.165) is 38.8 Å². The van der Waals surface area contributed by atoms with E-state index in [0.29, 0.717) is 35.4 Å². The van der Waals surface area contributed by atoms with Crippen molar-refractivity contribution in [3.05, 3.63) is 16.9 Å². The minimum Gasteiger partial charge on any atom is -0.477 e. The first kappa shape index (κ1) is 28.9. The summed E-state index contributed by atoms with van der Waals surface area (Å²) in [6, 6.07) is 0.0950. The van der Waals surface area contributed by atoms with Crippen LogP contribution < -0.4 is 10.6 Å². The van der Waals surface area contributed by atoms with Crippen molar-refractivity contribution in [2.75, 3.05) is 19.6 Å². The standard InChI is InChI=1S/C29H40N8O5S/c1-15(7-19(38)12-35-14-32-33-34-35)22-23-16(2)25(24(28(41)42)37(23)27(22)40)43-20-8-21(31-11-20)26(39)36-17-3-4-18(36)10-29(9-17)5-6-30-13-29/h14-18,20-23,30-31H,3-13H2,1-2H3,(H,41,42)/t15-,16+,17?,18?,20-,21-,22+,23+,29?/m0/s1. The Morgan fingerprint density at radius 1 is 1.23 bits per heavy atom. The number of carboxylic acid groups (broad SMARTS) is 1. The molecule has 7 rings (SSSR count). The van der Waals surface area contributed by atoms with E-state index >= 15 is 0 Å². The van der Waals surface area contributed by atoms with Crippen LogP contribution in [0.1, 0.15) is 58.8 Å². The molecular formula is C29H40N8O5S. The monoisotopic (exact) mass is 612 g/mol. The maximum absolute atomic E-state index is 13.8. The number of tetrazole rings is 1. The minimum atomic E-state index is -1.11. The lowest BCUT2D eigenvalue weighted by molar-refractivity contribution is -0.160. The molecule has 6 aliphatic rings. The highest BCUT2D eigenvalue weighted by Gasteiger charge is 2.60. The van der Waals surface area contributed by atoms with Gasteiger partial charge in [0.25, 0.3) is 0 Å². The summed E-state index contributed by atoms with van der Waals surface area (Å²) in [5.41, 5.74) is 0.418. The van der Waals surface area contributed by atoms with E-state index < -0.39 is 11.9 Å². The number of piperidine rings is 1. The highest BCUT2D eigenvalue weighted by Crippen LogP contribution is 2.53. The molecule has 0 aliphatic carbocycles. The van der Waals surface area contributed by atoms with Crippen molar-refractivity contribution in [3.8, 4) is 0 Å². The van der Waals surface area contributed by atoms with Crippen LogP contribution in [0.15, 0.2) is 16.9 Å². The van der Waals surface area contributed by atoms with Crippen LogP contribution in [0.4, 0.5) is 0 Å². The van der Waals surface area contributed by atoms with Crippen LogP contribution in [0.2, 0.25) is 0 Å². The highest BCUT2D eigenvalue weighted by molar-refractivity contribution is 8.03. The maximum atomic E-state index is 13.8. The number of β-lactam (4-membered cyclic amide) rings is 1. The third-order valence-electron chi connectivity index (χ3n) is 10.9. The number of hydrogen-bond acceptors (Lipinski definition) is 10. The molecule has 1 aromatic rings. The molecule has 8 atom stereocenters. The van der Waals surface area contributed by atoms with Gasteiger partial charge >= 0.3 is 5.97 Å². The highest BCUT2D eigenvalue weighted by atomic mass is 32.2. The molecule has 14 heteroatoms. The van der Waals surface area contributed by atoms with Gasteiger partial charge in [0.05, 0.1) is 18.0 Å². The van der Waals surface area contributed by atoms with Gasteiger partial charge in [0.15, 0.2) is 5.78 Å². The second kappa shape index (κ2) is 11.0. The molecule has 1 aromatic heterocycles. The number of hydrogen-bond donors (Lipinski definition) is 3. The summed E-state index contributed by atoms with van der Waals surface area (Å²) in [5, 5.41) is 28.0. The third kappa shape index (κ3) is 4.89. The van der Waals surface area contributed by atoms with Gasteiger partial charge in [0.2, 0.25) is 11.8 Å². The first-order valence-corrected chi connectivity index (χ1v) is 16.5. The molecule has 6 aliphatic heterocycles. The molecule has 5 saturated heterocycles. The number of ketones is 1. The summed E-state index contributed by atoms with van der Waals surface area (Å²) in [7, 11) is 0. The number of aromatic nitrogens is 4. The number of fused-ring (bicyclic) bond motifs is 3. The normalized spacial score (nSPS) is 37.3. The summed E-state index contributed by atoms with van der Waals surface area (Å²) < 4.78 is 1.36. The van der Waals surface area contributed by atoms with Gasteiger partial charge in [-0.25, -0.2) is 9.48 Å². The van der Waals surface area contributed by atoms with Crippen molar-refractivity contribution in [3.63, 3.8) is 0 Å². The molecule has 1 spiro atoms. The van der Waals surface area contributed by atoms with Gasteiger partial charge in [0.1, 0.15) is 18.6 Å². The van der Waals surface area contributed by atoms with E-state index in [4.69, 9.17) is 0 Å². The van der Waals surface area contributed by atoms with Crippen LogP contribution in [-0.2, 0) is 25.7 Å². The van der Waals surface area contributed by atoms with Gasteiger partial charge in [-0.3, -0.25) is 14.4 Å². The topological polar surface area (TPSA) is 163 Å². The Morgan fingerprint density at radius 3 is 2.65 bits per heavy atom. The molecule has 0 aromatic carbocycles. The molecule has 2 unspecified atom stereocenters. The largest absolute Gasteiger partial charge is 0.477 e. The number of carbonyl (C=O) groups is 4. The second-order valence-corrected chi connectivity index (χ2v) is 15.0. The van der Waals surface area contributed by atoms with Gasteiger partial charge in [-0.05, 0) is 66.8 Å². The Hall–Kier alpha value is -2.84. The smallest absolute Gasteiger partial charge is 0.353 e. The van der Waals surface area contributed by atoms with Crippen molar-refractivity contribution < 1.29 is 24.3 Å². The number of nitrogens with zero attached hydrogens (tertiary/aromatic N) is 6. The number of Topliss-reactive ketones (excluding diaryl/α,β-unsaturated/α-hetero) is 1. The van der Waals surface area contributed by atoms with Crippen LogP contribution in [0.25, 0.3) is 0 Å². The third-order valence-corrected chi connectivity index (χ3v) is 12.4. The molecule has 2 bridgehead atoms. The van der Waals surface area contributed by atoms with Crippen molar-refractivity contribution in [1.82, 2.24) is 40.6 Å². The fourth-order valence-electron chi connectivity index (χ4n) is 9.04. The molecule has 13 nitrogen and oxygen atoms in total. The molecule has 0 radical (unpaired) electrons. The SMILES string of the molecule is C[C@@H](CC(=O)Cn1cnnn1)[C@H]1C(=O)N2C(C(=O)O)=C(S[C@@H]3CN[C@H](C(=O)N4C5CCC4CC4(CCNC4)C5)C3)[C@H](C)[C@H]12. The number of nitrogens with one attached hydrogen (secondary N) is 2. The first-order chi connectivity index (χ1) is 20.7. The van der Waals surface area contributed by atoms with E-state index in [1.165, 1.54) is 34.1 Å². The van der Waals surface area contributed by atoms with Gasteiger partial charge in [-0.15, -0.1) is 16.9 Å². The molecule has 0 saturated carbocycles. The number of thioether (sulfide) groups is 1. The van der Waals surface area contributed by atoms with Crippen LogP contribution in [0.3, 0.4) is 0 Å². The minimum absolute atomic E-state index is 0.0352. The lowest BCUT2D eigenvalue weighted by Gasteiger charge is -2.47.